The molecule has 0 bridgehead atoms. The highest BCUT2D eigenvalue weighted by Gasteiger charge is 2.37. The number of hydroxylamine groups is 2. The lowest BCUT2D eigenvalue weighted by Crippen LogP contribution is -2.38. The average molecular weight is 337 g/mol. The molecule has 5 heteroatoms. The van der Waals surface area contributed by atoms with Gasteiger partial charge in [-0.2, -0.15) is 5.26 Å². The van der Waals surface area contributed by atoms with Gasteiger partial charge in [0.1, 0.15) is 0 Å². The smallest absolute Gasteiger partial charge is 0.252 e. The molecule has 20 heavy (non-hydrogen) atoms. The number of hydrogen-bond donors (Lipinski definition) is 0. The zero-order valence-electron chi connectivity index (χ0n) is 11.8. The minimum atomic E-state index is -0.493. The third kappa shape index (κ3) is 3.02. The fourth-order valence-electron chi connectivity index (χ4n) is 2.17. The van der Waals surface area contributed by atoms with Crippen LogP contribution in [0.4, 0.5) is 0 Å². The van der Waals surface area contributed by atoms with E-state index >= 15 is 0 Å². The van der Waals surface area contributed by atoms with Gasteiger partial charge in [-0.1, -0.05) is 36.7 Å². The van der Waals surface area contributed by atoms with Crippen LogP contribution in [-0.4, -0.2) is 17.6 Å². The Kier molecular flexibility index (Phi) is 4.17. The predicted octanol–water partition coefficient (Wildman–Crippen LogP) is 3.57. The molecule has 0 aromatic heterocycles. The van der Waals surface area contributed by atoms with Crippen molar-refractivity contribution in [2.45, 2.75) is 33.2 Å². The summed E-state index contributed by atoms with van der Waals surface area (Å²) in [5, 5.41) is 10.5. The Morgan fingerprint density at radius 1 is 1.45 bits per heavy atom. The first-order valence-electron chi connectivity index (χ1n) is 6.50. The van der Waals surface area contributed by atoms with E-state index in [0.717, 1.165) is 16.5 Å². The molecule has 1 saturated heterocycles. The molecule has 1 aliphatic rings. The molecule has 1 fully saturated rings. The van der Waals surface area contributed by atoms with Gasteiger partial charge in [-0.05, 0) is 23.8 Å². The molecule has 1 aromatic carbocycles. The third-order valence-corrected chi connectivity index (χ3v) is 3.64. The highest BCUT2D eigenvalue weighted by molar-refractivity contribution is 9.10. The summed E-state index contributed by atoms with van der Waals surface area (Å²) in [4.78, 5) is 17.9. The van der Waals surface area contributed by atoms with Gasteiger partial charge in [0, 0.05) is 16.3 Å². The third-order valence-electron chi connectivity index (χ3n) is 3.18. The average Bonchev–Trinajstić information content (AvgIpc) is 2.84. The van der Waals surface area contributed by atoms with Gasteiger partial charge >= 0.3 is 0 Å². The SMILES string of the molecule is CC(C)(C)C(=O)N1OCC[C@H]1c1cc(Br)cc(C#N)c1. The standard InChI is InChI=1S/C15H17BrN2O2/c1-15(2,3)14(19)18-13(4-5-20-18)11-6-10(9-17)7-12(16)8-11/h6-8,13H,4-5H2,1-3H3/t13-/m0/s1. The molecule has 1 aromatic rings. The number of carbonyl (C=O) groups is 1. The van der Waals surface area contributed by atoms with E-state index in [-0.39, 0.29) is 11.9 Å². The normalized spacial score (nSPS) is 18.9. The summed E-state index contributed by atoms with van der Waals surface area (Å²) >= 11 is 3.40. The number of hydrogen-bond acceptors (Lipinski definition) is 3. The quantitative estimate of drug-likeness (QED) is 0.787. The van der Waals surface area contributed by atoms with Gasteiger partial charge in [-0.3, -0.25) is 9.63 Å². The van der Waals surface area contributed by atoms with Crippen LogP contribution in [-0.2, 0) is 9.63 Å². The van der Waals surface area contributed by atoms with E-state index in [0.29, 0.717) is 12.2 Å². The summed E-state index contributed by atoms with van der Waals surface area (Å²) in [5.41, 5.74) is 1.00. The number of halogens is 1. The maximum absolute atomic E-state index is 12.4. The summed E-state index contributed by atoms with van der Waals surface area (Å²) in [6.45, 7) is 6.13. The minimum absolute atomic E-state index is 0.0431. The number of rotatable bonds is 1. The Morgan fingerprint density at radius 3 is 2.75 bits per heavy atom. The Morgan fingerprint density at radius 2 is 2.15 bits per heavy atom. The van der Waals surface area contributed by atoms with Crippen LogP contribution in [0.3, 0.4) is 0 Å². The van der Waals surface area contributed by atoms with Crippen molar-refractivity contribution in [3.63, 3.8) is 0 Å². The lowest BCUT2D eigenvalue weighted by molar-refractivity contribution is -0.186. The van der Waals surface area contributed by atoms with E-state index in [1.165, 1.54) is 5.06 Å². The van der Waals surface area contributed by atoms with Gasteiger partial charge in [0.25, 0.3) is 5.91 Å². The van der Waals surface area contributed by atoms with Gasteiger partial charge in [-0.15, -0.1) is 0 Å². The largest absolute Gasteiger partial charge is 0.272 e. The van der Waals surface area contributed by atoms with Crippen LogP contribution in [0.1, 0.15) is 44.4 Å². The van der Waals surface area contributed by atoms with E-state index in [2.05, 4.69) is 22.0 Å². The summed E-state index contributed by atoms with van der Waals surface area (Å²) in [7, 11) is 0. The molecule has 1 aliphatic heterocycles. The summed E-state index contributed by atoms with van der Waals surface area (Å²) < 4.78 is 0.835. The number of carbonyl (C=O) groups excluding carboxylic acids is 1. The maximum Gasteiger partial charge on any atom is 0.252 e. The lowest BCUT2D eigenvalue weighted by atomic mass is 9.93. The summed E-state index contributed by atoms with van der Waals surface area (Å²) in [6, 6.07) is 7.50. The molecule has 2 rings (SSSR count). The van der Waals surface area contributed by atoms with Crippen molar-refractivity contribution in [3.8, 4) is 6.07 Å². The molecule has 1 atom stereocenters. The van der Waals surface area contributed by atoms with Crippen LogP contribution in [0.5, 0.6) is 0 Å². The van der Waals surface area contributed by atoms with Gasteiger partial charge in [0.05, 0.1) is 24.3 Å². The number of nitriles is 1. The molecular weight excluding hydrogens is 320 g/mol. The van der Waals surface area contributed by atoms with Gasteiger partial charge < -0.3 is 0 Å². The van der Waals surface area contributed by atoms with Crippen LogP contribution < -0.4 is 0 Å². The number of nitrogens with zero attached hydrogens (tertiary/aromatic N) is 2. The highest BCUT2D eigenvalue weighted by atomic mass is 79.9. The molecule has 0 saturated carbocycles. The summed E-state index contributed by atoms with van der Waals surface area (Å²) in [5.74, 6) is -0.0431. The van der Waals surface area contributed by atoms with E-state index in [1.807, 2.05) is 32.9 Å². The van der Waals surface area contributed by atoms with E-state index in [4.69, 9.17) is 10.1 Å². The molecule has 1 heterocycles. The van der Waals surface area contributed by atoms with Crippen molar-refractivity contribution in [3.05, 3.63) is 33.8 Å². The van der Waals surface area contributed by atoms with Crippen LogP contribution in [0.15, 0.2) is 22.7 Å². The second-order valence-electron chi connectivity index (χ2n) is 5.90. The van der Waals surface area contributed by atoms with Crippen molar-refractivity contribution in [2.24, 2.45) is 5.41 Å². The maximum atomic E-state index is 12.4. The van der Waals surface area contributed by atoms with E-state index < -0.39 is 5.41 Å². The first kappa shape index (κ1) is 15.0. The zero-order chi connectivity index (χ0) is 14.9. The zero-order valence-corrected chi connectivity index (χ0v) is 13.4. The first-order chi connectivity index (χ1) is 9.32. The number of amides is 1. The van der Waals surface area contributed by atoms with Crippen molar-refractivity contribution < 1.29 is 9.63 Å². The minimum Gasteiger partial charge on any atom is -0.272 e. The highest BCUT2D eigenvalue weighted by Crippen LogP contribution is 2.35. The fourth-order valence-corrected chi connectivity index (χ4v) is 2.68. The molecule has 4 nitrogen and oxygen atoms in total. The second-order valence-corrected chi connectivity index (χ2v) is 6.82. The topological polar surface area (TPSA) is 53.3 Å². The molecule has 1 amide bonds. The number of benzene rings is 1. The van der Waals surface area contributed by atoms with Crippen LogP contribution in [0.25, 0.3) is 0 Å². The molecule has 0 spiro atoms. The van der Waals surface area contributed by atoms with Crippen LogP contribution in [0, 0.1) is 16.7 Å². The molecule has 0 aliphatic carbocycles. The van der Waals surface area contributed by atoms with Crippen molar-refractivity contribution >= 4 is 21.8 Å². The molecular formula is C15H17BrN2O2. The second kappa shape index (κ2) is 5.55. The first-order valence-corrected chi connectivity index (χ1v) is 7.29. The van der Waals surface area contributed by atoms with Gasteiger partial charge in [0.15, 0.2) is 0 Å². The molecule has 0 N–H and O–H groups in total. The van der Waals surface area contributed by atoms with Gasteiger partial charge in [0.2, 0.25) is 0 Å². The summed E-state index contributed by atoms with van der Waals surface area (Å²) in [6.07, 6.45) is 0.739. The monoisotopic (exact) mass is 336 g/mol. The van der Waals surface area contributed by atoms with Crippen LogP contribution >= 0.6 is 15.9 Å². The van der Waals surface area contributed by atoms with Crippen molar-refractivity contribution in [1.29, 1.82) is 5.26 Å². The van der Waals surface area contributed by atoms with E-state index in [9.17, 15) is 4.79 Å². The van der Waals surface area contributed by atoms with Crippen molar-refractivity contribution in [2.75, 3.05) is 6.61 Å². The van der Waals surface area contributed by atoms with Crippen molar-refractivity contribution in [1.82, 2.24) is 5.06 Å². The van der Waals surface area contributed by atoms with E-state index in [1.54, 1.807) is 6.07 Å². The lowest BCUT2D eigenvalue weighted by Gasteiger charge is -2.29. The fraction of sp³-hybridized carbons (Fsp3) is 0.467. The molecule has 106 valence electrons. The Labute approximate surface area is 127 Å². The Bertz CT molecular complexity index is 572. The molecule has 0 unspecified atom stereocenters. The Balaban J connectivity index is 2.35. The predicted molar refractivity (Wildman–Crippen MR) is 78.5 cm³/mol. The van der Waals surface area contributed by atoms with Gasteiger partial charge in [-0.25, -0.2) is 5.06 Å². The molecule has 0 radical (unpaired) electrons. The van der Waals surface area contributed by atoms with Crippen LogP contribution in [0.2, 0.25) is 0 Å². The Hall–Kier alpha value is -1.38.